The van der Waals surface area contributed by atoms with E-state index in [1.54, 1.807) is 6.20 Å². The van der Waals surface area contributed by atoms with Crippen LogP contribution in [0.4, 0.5) is 0 Å². The lowest BCUT2D eigenvalue weighted by atomic mass is 10.2. The van der Waals surface area contributed by atoms with E-state index in [-0.39, 0.29) is 5.28 Å². The van der Waals surface area contributed by atoms with Crippen molar-refractivity contribution >= 4 is 22.6 Å². The standard InChI is InChI=1S/C9H11ClN4O/c1-5(2)4-15-8-6-3-11-14-7(6)12-9(10)13-8/h3,5H,4H2,1-2H3,(H,11,12,13,14). The number of ether oxygens (including phenoxy) is 1. The first kappa shape index (κ1) is 10.2. The second kappa shape index (κ2) is 4.02. The van der Waals surface area contributed by atoms with E-state index < -0.39 is 0 Å². The van der Waals surface area contributed by atoms with Crippen LogP contribution in [0.3, 0.4) is 0 Å². The van der Waals surface area contributed by atoms with Crippen molar-refractivity contribution in [3.63, 3.8) is 0 Å². The minimum atomic E-state index is 0.158. The average Bonchev–Trinajstić information content (AvgIpc) is 2.61. The molecule has 0 atom stereocenters. The predicted octanol–water partition coefficient (Wildman–Crippen LogP) is 2.04. The number of halogens is 1. The number of aromatic nitrogens is 4. The number of fused-ring (bicyclic) bond motifs is 1. The zero-order chi connectivity index (χ0) is 10.8. The van der Waals surface area contributed by atoms with Gasteiger partial charge in [0, 0.05) is 0 Å². The molecular formula is C9H11ClN4O. The third kappa shape index (κ3) is 2.18. The van der Waals surface area contributed by atoms with Crippen molar-refractivity contribution in [3.05, 3.63) is 11.5 Å². The lowest BCUT2D eigenvalue weighted by molar-refractivity contribution is 0.264. The molecule has 0 aliphatic carbocycles. The Hall–Kier alpha value is -1.36. The molecule has 0 aliphatic heterocycles. The van der Waals surface area contributed by atoms with Gasteiger partial charge in [-0.3, -0.25) is 5.10 Å². The largest absolute Gasteiger partial charge is 0.477 e. The van der Waals surface area contributed by atoms with Crippen LogP contribution in [0.15, 0.2) is 6.20 Å². The number of hydrogen-bond acceptors (Lipinski definition) is 4. The predicted molar refractivity (Wildman–Crippen MR) is 57.0 cm³/mol. The van der Waals surface area contributed by atoms with Crippen molar-refractivity contribution in [3.8, 4) is 5.88 Å². The molecule has 5 nitrogen and oxygen atoms in total. The number of rotatable bonds is 3. The van der Waals surface area contributed by atoms with Crippen molar-refractivity contribution in [2.24, 2.45) is 5.92 Å². The first-order valence-corrected chi connectivity index (χ1v) is 5.04. The van der Waals surface area contributed by atoms with Crippen LogP contribution in [0.25, 0.3) is 11.0 Å². The Bertz CT molecular complexity index is 468. The molecule has 80 valence electrons. The average molecular weight is 227 g/mol. The fourth-order valence-electron chi connectivity index (χ4n) is 1.14. The molecule has 2 rings (SSSR count). The third-order valence-electron chi connectivity index (χ3n) is 1.80. The van der Waals surface area contributed by atoms with E-state index in [1.165, 1.54) is 0 Å². The minimum Gasteiger partial charge on any atom is -0.477 e. The number of nitrogens with zero attached hydrogens (tertiary/aromatic N) is 3. The van der Waals surface area contributed by atoms with E-state index in [4.69, 9.17) is 16.3 Å². The highest BCUT2D eigenvalue weighted by Gasteiger charge is 2.09. The molecular weight excluding hydrogens is 216 g/mol. The van der Waals surface area contributed by atoms with Gasteiger partial charge in [0.2, 0.25) is 11.2 Å². The number of nitrogens with one attached hydrogen (secondary N) is 1. The molecule has 2 aromatic heterocycles. The maximum atomic E-state index is 5.75. The normalized spacial score (nSPS) is 11.2. The van der Waals surface area contributed by atoms with Gasteiger partial charge in [0.15, 0.2) is 5.65 Å². The summed E-state index contributed by atoms with van der Waals surface area (Å²) in [5.74, 6) is 0.910. The summed E-state index contributed by atoms with van der Waals surface area (Å²) < 4.78 is 5.52. The number of H-pyrrole nitrogens is 1. The summed E-state index contributed by atoms with van der Waals surface area (Å²) in [7, 11) is 0. The van der Waals surface area contributed by atoms with Crippen LogP contribution in [0.5, 0.6) is 5.88 Å². The van der Waals surface area contributed by atoms with Crippen LogP contribution in [0.2, 0.25) is 5.28 Å². The van der Waals surface area contributed by atoms with Crippen LogP contribution >= 0.6 is 11.6 Å². The summed E-state index contributed by atoms with van der Waals surface area (Å²) in [5.41, 5.74) is 0.591. The van der Waals surface area contributed by atoms with Gasteiger partial charge in [0.25, 0.3) is 0 Å². The number of aromatic amines is 1. The van der Waals surface area contributed by atoms with E-state index in [1.807, 2.05) is 0 Å². The summed E-state index contributed by atoms with van der Waals surface area (Å²) in [6, 6.07) is 0. The molecule has 0 amide bonds. The Labute approximate surface area is 91.8 Å². The van der Waals surface area contributed by atoms with Crippen molar-refractivity contribution < 1.29 is 4.74 Å². The SMILES string of the molecule is CC(C)COc1nc(Cl)nc2[nH]ncc12. The molecule has 0 aliphatic rings. The summed E-state index contributed by atoms with van der Waals surface area (Å²) in [4.78, 5) is 8.00. The molecule has 2 aromatic rings. The van der Waals surface area contributed by atoms with E-state index >= 15 is 0 Å². The van der Waals surface area contributed by atoms with Crippen molar-refractivity contribution in [1.82, 2.24) is 20.2 Å². The Balaban J connectivity index is 2.35. The molecule has 0 spiro atoms. The van der Waals surface area contributed by atoms with Gasteiger partial charge in [-0.1, -0.05) is 13.8 Å². The van der Waals surface area contributed by atoms with Gasteiger partial charge >= 0.3 is 0 Å². The highest BCUT2D eigenvalue weighted by Crippen LogP contribution is 2.22. The molecule has 15 heavy (non-hydrogen) atoms. The molecule has 6 heteroatoms. The summed E-state index contributed by atoms with van der Waals surface area (Å²) >= 11 is 5.75. The molecule has 0 saturated carbocycles. The molecule has 0 unspecified atom stereocenters. The maximum absolute atomic E-state index is 5.75. The van der Waals surface area contributed by atoms with E-state index in [9.17, 15) is 0 Å². The van der Waals surface area contributed by atoms with Gasteiger partial charge in [-0.25, -0.2) is 0 Å². The lowest BCUT2D eigenvalue weighted by Crippen LogP contribution is -2.06. The molecule has 0 bridgehead atoms. The summed E-state index contributed by atoms with van der Waals surface area (Å²) in [6.07, 6.45) is 1.63. The lowest BCUT2D eigenvalue weighted by Gasteiger charge is -2.07. The highest BCUT2D eigenvalue weighted by molar-refractivity contribution is 6.28. The second-order valence-corrected chi connectivity index (χ2v) is 3.97. The smallest absolute Gasteiger partial charge is 0.229 e. The van der Waals surface area contributed by atoms with E-state index in [0.717, 1.165) is 5.39 Å². The van der Waals surface area contributed by atoms with Gasteiger partial charge < -0.3 is 4.74 Å². The molecule has 1 N–H and O–H groups in total. The van der Waals surface area contributed by atoms with E-state index in [0.29, 0.717) is 24.1 Å². The number of hydrogen-bond donors (Lipinski definition) is 1. The van der Waals surface area contributed by atoms with Gasteiger partial charge in [-0.2, -0.15) is 15.1 Å². The maximum Gasteiger partial charge on any atom is 0.229 e. The van der Waals surface area contributed by atoms with Gasteiger partial charge in [0.05, 0.1) is 12.8 Å². The molecule has 2 heterocycles. The van der Waals surface area contributed by atoms with Crippen LogP contribution in [0, 0.1) is 5.92 Å². The monoisotopic (exact) mass is 226 g/mol. The van der Waals surface area contributed by atoms with Crippen LogP contribution in [-0.4, -0.2) is 26.8 Å². The fraction of sp³-hybridized carbons (Fsp3) is 0.444. The minimum absolute atomic E-state index is 0.158. The second-order valence-electron chi connectivity index (χ2n) is 3.63. The first-order chi connectivity index (χ1) is 7.16. The van der Waals surface area contributed by atoms with Crippen LogP contribution in [-0.2, 0) is 0 Å². The van der Waals surface area contributed by atoms with Gasteiger partial charge in [0.1, 0.15) is 5.39 Å². The van der Waals surface area contributed by atoms with Gasteiger partial charge in [-0.05, 0) is 17.5 Å². The highest BCUT2D eigenvalue weighted by atomic mass is 35.5. The Morgan fingerprint density at radius 1 is 1.47 bits per heavy atom. The zero-order valence-electron chi connectivity index (χ0n) is 8.49. The molecule has 0 aromatic carbocycles. The molecule has 0 radical (unpaired) electrons. The zero-order valence-corrected chi connectivity index (χ0v) is 9.25. The van der Waals surface area contributed by atoms with Crippen molar-refractivity contribution in [2.45, 2.75) is 13.8 Å². The molecule has 0 fully saturated rings. The molecule has 0 saturated heterocycles. The van der Waals surface area contributed by atoms with Crippen LogP contribution < -0.4 is 4.74 Å². The Kier molecular flexibility index (Phi) is 2.73. The van der Waals surface area contributed by atoms with Crippen molar-refractivity contribution in [1.29, 1.82) is 0 Å². The first-order valence-electron chi connectivity index (χ1n) is 4.66. The topological polar surface area (TPSA) is 63.7 Å². The van der Waals surface area contributed by atoms with Crippen LogP contribution in [0.1, 0.15) is 13.8 Å². The summed E-state index contributed by atoms with van der Waals surface area (Å²) in [5, 5.41) is 7.49. The Morgan fingerprint density at radius 3 is 3.00 bits per heavy atom. The van der Waals surface area contributed by atoms with Crippen molar-refractivity contribution in [2.75, 3.05) is 6.61 Å². The Morgan fingerprint density at radius 2 is 2.27 bits per heavy atom. The van der Waals surface area contributed by atoms with E-state index in [2.05, 4.69) is 34.0 Å². The van der Waals surface area contributed by atoms with Gasteiger partial charge in [-0.15, -0.1) is 0 Å². The summed E-state index contributed by atoms with van der Waals surface area (Å²) in [6.45, 7) is 4.72. The third-order valence-corrected chi connectivity index (χ3v) is 1.97. The quantitative estimate of drug-likeness (QED) is 0.814. The fourth-order valence-corrected chi connectivity index (χ4v) is 1.30.